The monoisotopic (exact) mass is 288 g/mol. The number of H-pyrrole nitrogens is 1. The number of hydrogen-bond acceptors (Lipinski definition) is 4. The van der Waals surface area contributed by atoms with Crippen LogP contribution in [0.25, 0.3) is 0 Å². The van der Waals surface area contributed by atoms with Crippen LogP contribution in [-0.2, 0) is 6.54 Å². The van der Waals surface area contributed by atoms with Gasteiger partial charge >= 0.3 is 0 Å². The molecule has 2 aliphatic heterocycles. The van der Waals surface area contributed by atoms with Gasteiger partial charge in [0.2, 0.25) is 0 Å². The predicted octanol–water partition coefficient (Wildman–Crippen LogP) is 1.31. The van der Waals surface area contributed by atoms with Gasteiger partial charge in [0.1, 0.15) is 11.8 Å². The Hall–Kier alpha value is -1.35. The zero-order valence-electron chi connectivity index (χ0n) is 12.5. The van der Waals surface area contributed by atoms with Crippen molar-refractivity contribution < 1.29 is 5.11 Å². The van der Waals surface area contributed by atoms with E-state index in [0.29, 0.717) is 5.69 Å². The molecule has 0 radical (unpaired) electrons. The second-order valence-electron chi connectivity index (χ2n) is 6.56. The molecule has 2 fully saturated rings. The number of rotatable bonds is 4. The van der Waals surface area contributed by atoms with Crippen LogP contribution in [0.15, 0.2) is 12.3 Å². The van der Waals surface area contributed by atoms with Crippen molar-refractivity contribution in [2.24, 2.45) is 0 Å². The maximum Gasteiger partial charge on any atom is 0.117 e. The van der Waals surface area contributed by atoms with Crippen LogP contribution in [0.5, 0.6) is 0 Å². The maximum absolute atomic E-state index is 10.8. The number of aromatic amines is 1. The van der Waals surface area contributed by atoms with Gasteiger partial charge in [-0.15, -0.1) is 0 Å². The Labute approximate surface area is 126 Å². The Morgan fingerprint density at radius 1 is 1.24 bits per heavy atom. The van der Waals surface area contributed by atoms with Crippen LogP contribution in [0, 0.1) is 11.3 Å². The van der Waals surface area contributed by atoms with Crippen LogP contribution < -0.4 is 0 Å². The smallest absolute Gasteiger partial charge is 0.117 e. The van der Waals surface area contributed by atoms with Crippen LogP contribution in [0.2, 0.25) is 0 Å². The van der Waals surface area contributed by atoms with Crippen LogP contribution in [-0.4, -0.2) is 58.2 Å². The number of nitrogens with one attached hydrogen (secondary N) is 1. The molecular formula is C16H24N4O. The molecular weight excluding hydrogens is 264 g/mol. The molecule has 0 spiro atoms. The third-order valence-corrected chi connectivity index (χ3v) is 4.65. The van der Waals surface area contributed by atoms with Gasteiger partial charge in [-0.05, 0) is 44.0 Å². The highest BCUT2D eigenvalue weighted by Crippen LogP contribution is 2.25. The van der Waals surface area contributed by atoms with E-state index < -0.39 is 5.60 Å². The van der Waals surface area contributed by atoms with Crippen molar-refractivity contribution in [3.63, 3.8) is 0 Å². The summed E-state index contributed by atoms with van der Waals surface area (Å²) in [6.45, 7) is 5.53. The lowest BCUT2D eigenvalue weighted by molar-refractivity contribution is 0.00635. The van der Waals surface area contributed by atoms with Gasteiger partial charge in [-0.1, -0.05) is 6.42 Å². The molecule has 1 aromatic rings. The fraction of sp³-hybridized carbons (Fsp3) is 0.688. The summed E-state index contributed by atoms with van der Waals surface area (Å²) in [4.78, 5) is 7.66. The molecule has 0 amide bonds. The van der Waals surface area contributed by atoms with Gasteiger partial charge in [-0.2, -0.15) is 5.26 Å². The van der Waals surface area contributed by atoms with E-state index in [2.05, 4.69) is 20.9 Å². The lowest BCUT2D eigenvalue weighted by Crippen LogP contribution is -2.46. The average molecular weight is 288 g/mol. The number of nitrogens with zero attached hydrogens (tertiary/aromatic N) is 3. The van der Waals surface area contributed by atoms with E-state index in [4.69, 9.17) is 5.26 Å². The lowest BCUT2D eigenvalue weighted by atomic mass is 10.0. The summed E-state index contributed by atoms with van der Waals surface area (Å²) < 4.78 is 0. The van der Waals surface area contributed by atoms with Crippen molar-refractivity contribution >= 4 is 0 Å². The van der Waals surface area contributed by atoms with Crippen LogP contribution in [0.1, 0.15) is 36.9 Å². The zero-order chi connectivity index (χ0) is 14.7. The highest BCUT2D eigenvalue weighted by atomic mass is 16.3. The lowest BCUT2D eigenvalue weighted by Gasteiger charge is -2.33. The minimum absolute atomic E-state index is 0.564. The first-order valence-electron chi connectivity index (χ1n) is 7.91. The van der Waals surface area contributed by atoms with E-state index in [-0.39, 0.29) is 0 Å². The summed E-state index contributed by atoms with van der Waals surface area (Å²) in [5, 5.41) is 19.6. The molecule has 1 atom stereocenters. The molecule has 5 nitrogen and oxygen atoms in total. The molecule has 0 saturated carbocycles. The number of hydrogen-bond donors (Lipinski definition) is 2. The Morgan fingerprint density at radius 2 is 2.05 bits per heavy atom. The summed E-state index contributed by atoms with van der Waals surface area (Å²) in [5.74, 6) is 0. The third kappa shape index (κ3) is 3.65. The van der Waals surface area contributed by atoms with E-state index in [1.54, 1.807) is 0 Å². The molecule has 0 bridgehead atoms. The fourth-order valence-electron chi connectivity index (χ4n) is 3.59. The highest BCUT2D eigenvalue weighted by Gasteiger charge is 2.37. The second-order valence-corrected chi connectivity index (χ2v) is 6.56. The summed E-state index contributed by atoms with van der Waals surface area (Å²) >= 11 is 0. The predicted molar refractivity (Wildman–Crippen MR) is 80.6 cm³/mol. The van der Waals surface area contributed by atoms with E-state index in [0.717, 1.165) is 51.3 Å². The SMILES string of the molecule is N#Cc1cc(CN2CC[C@](O)(CN3CCCCC3)C2)c[nH]1. The fourth-order valence-corrected chi connectivity index (χ4v) is 3.59. The van der Waals surface area contributed by atoms with Gasteiger partial charge in [-0.25, -0.2) is 0 Å². The van der Waals surface area contributed by atoms with Gasteiger partial charge in [0, 0.05) is 32.4 Å². The van der Waals surface area contributed by atoms with E-state index in [1.165, 1.54) is 19.3 Å². The summed E-state index contributed by atoms with van der Waals surface area (Å²) in [5.41, 5.74) is 1.16. The van der Waals surface area contributed by atoms with Gasteiger partial charge in [-0.3, -0.25) is 4.90 Å². The van der Waals surface area contributed by atoms with Crippen LogP contribution in [0.4, 0.5) is 0 Å². The molecule has 0 aromatic carbocycles. The van der Waals surface area contributed by atoms with Crippen molar-refractivity contribution in [1.82, 2.24) is 14.8 Å². The first-order chi connectivity index (χ1) is 10.2. The van der Waals surface area contributed by atoms with Gasteiger partial charge in [0.05, 0.1) is 5.60 Å². The topological polar surface area (TPSA) is 66.3 Å². The quantitative estimate of drug-likeness (QED) is 0.876. The van der Waals surface area contributed by atoms with Crippen molar-refractivity contribution in [2.75, 3.05) is 32.7 Å². The summed E-state index contributed by atoms with van der Waals surface area (Å²) in [7, 11) is 0. The number of likely N-dealkylation sites (tertiary alicyclic amines) is 2. The number of aliphatic hydroxyl groups is 1. The molecule has 2 saturated heterocycles. The number of aromatic nitrogens is 1. The first-order valence-corrected chi connectivity index (χ1v) is 7.91. The average Bonchev–Trinajstić information content (AvgIpc) is 3.07. The summed E-state index contributed by atoms with van der Waals surface area (Å²) in [6.07, 6.45) is 6.59. The molecule has 114 valence electrons. The molecule has 0 aliphatic carbocycles. The van der Waals surface area contributed by atoms with E-state index >= 15 is 0 Å². The zero-order valence-corrected chi connectivity index (χ0v) is 12.5. The first kappa shape index (κ1) is 14.6. The molecule has 2 N–H and O–H groups in total. The maximum atomic E-state index is 10.8. The molecule has 21 heavy (non-hydrogen) atoms. The molecule has 0 unspecified atom stereocenters. The normalized spacial score (nSPS) is 27.8. The molecule has 3 rings (SSSR count). The number of piperidine rings is 1. The van der Waals surface area contributed by atoms with Gasteiger partial charge in [0.25, 0.3) is 0 Å². The molecule has 5 heteroatoms. The summed E-state index contributed by atoms with van der Waals surface area (Å²) in [6, 6.07) is 4.00. The largest absolute Gasteiger partial charge is 0.387 e. The van der Waals surface area contributed by atoms with Gasteiger partial charge < -0.3 is 15.0 Å². The minimum atomic E-state index is -0.564. The van der Waals surface area contributed by atoms with Crippen molar-refractivity contribution in [3.05, 3.63) is 23.5 Å². The van der Waals surface area contributed by atoms with Crippen molar-refractivity contribution in [2.45, 2.75) is 37.8 Å². The van der Waals surface area contributed by atoms with E-state index in [1.807, 2.05) is 12.3 Å². The Morgan fingerprint density at radius 3 is 2.76 bits per heavy atom. The highest BCUT2D eigenvalue weighted by molar-refractivity contribution is 5.26. The van der Waals surface area contributed by atoms with Gasteiger partial charge in [0.15, 0.2) is 0 Å². The molecule has 1 aromatic heterocycles. The molecule has 2 aliphatic rings. The van der Waals surface area contributed by atoms with Crippen molar-refractivity contribution in [1.29, 1.82) is 5.26 Å². The minimum Gasteiger partial charge on any atom is -0.387 e. The van der Waals surface area contributed by atoms with Crippen LogP contribution in [0.3, 0.4) is 0 Å². The Kier molecular flexibility index (Phi) is 4.29. The third-order valence-electron chi connectivity index (χ3n) is 4.65. The standard InChI is InChI=1S/C16H24N4O/c17-9-15-8-14(10-18-15)11-20-7-4-16(21,13-20)12-19-5-2-1-3-6-19/h8,10,18,21H,1-7,11-13H2/t16-/m0/s1. The number of nitriles is 1. The van der Waals surface area contributed by atoms with Crippen molar-refractivity contribution in [3.8, 4) is 6.07 Å². The molecule has 3 heterocycles. The number of β-amino-alcohol motifs (C(OH)–C–C–N with tert-alkyl or cyclic N) is 1. The van der Waals surface area contributed by atoms with E-state index in [9.17, 15) is 5.11 Å². The Balaban J connectivity index is 1.53. The second kappa shape index (κ2) is 6.18. The van der Waals surface area contributed by atoms with Crippen LogP contribution >= 0.6 is 0 Å². The Bertz CT molecular complexity index is 515.